The van der Waals surface area contributed by atoms with Crippen LogP contribution in [-0.4, -0.2) is 52.0 Å². The largest absolute Gasteiger partial charge is 0.494 e. The molecule has 0 spiro atoms. The van der Waals surface area contributed by atoms with E-state index in [0.29, 0.717) is 0 Å². The van der Waals surface area contributed by atoms with E-state index in [1.54, 1.807) is 0 Å². The van der Waals surface area contributed by atoms with Crippen LogP contribution in [0.1, 0.15) is 96.8 Å². The Bertz CT molecular complexity index is 869. The van der Waals surface area contributed by atoms with Gasteiger partial charge in [0, 0.05) is 13.2 Å². The first-order chi connectivity index (χ1) is 19.7. The molecule has 2 aromatic carbocycles. The molecule has 2 aromatic rings. The first-order valence-electron chi connectivity index (χ1n) is 15.8. The molecule has 0 amide bonds. The van der Waals surface area contributed by atoms with Crippen LogP contribution in [-0.2, 0) is 4.74 Å². The highest BCUT2D eigenvalue weighted by molar-refractivity contribution is 5.44. The van der Waals surface area contributed by atoms with Gasteiger partial charge in [-0.1, -0.05) is 77.6 Å². The minimum absolute atomic E-state index is 0.762. The zero-order valence-corrected chi connectivity index (χ0v) is 25.6. The average molecular weight is 554 g/mol. The Morgan fingerprint density at radius 1 is 0.500 bits per heavy atom. The number of azo groups is 1. The molecular formula is C34H55N3O3. The number of hydrogen-bond acceptors (Lipinski definition) is 6. The molecule has 0 bridgehead atoms. The van der Waals surface area contributed by atoms with Gasteiger partial charge in [-0.25, -0.2) is 0 Å². The molecule has 0 atom stereocenters. The maximum atomic E-state index is 5.91. The first-order valence-corrected chi connectivity index (χ1v) is 15.8. The van der Waals surface area contributed by atoms with E-state index in [2.05, 4.69) is 36.1 Å². The van der Waals surface area contributed by atoms with Crippen LogP contribution in [0.3, 0.4) is 0 Å². The summed E-state index contributed by atoms with van der Waals surface area (Å²) in [5.41, 5.74) is 1.63. The highest BCUT2D eigenvalue weighted by Gasteiger charge is 1.99. The number of unbranched alkanes of at least 4 members (excludes halogenated alkanes) is 12. The van der Waals surface area contributed by atoms with Crippen LogP contribution in [0.15, 0.2) is 58.8 Å². The lowest BCUT2D eigenvalue weighted by Gasteiger charge is -2.09. The zero-order valence-electron chi connectivity index (χ0n) is 25.6. The van der Waals surface area contributed by atoms with E-state index in [9.17, 15) is 0 Å². The maximum absolute atomic E-state index is 5.91. The monoisotopic (exact) mass is 553 g/mol. The van der Waals surface area contributed by atoms with Crippen molar-refractivity contribution in [2.45, 2.75) is 96.8 Å². The minimum Gasteiger partial charge on any atom is -0.494 e. The quantitative estimate of drug-likeness (QED) is 0.0907. The molecule has 0 radical (unpaired) electrons. The molecular weight excluding hydrogens is 498 g/mol. The van der Waals surface area contributed by atoms with E-state index < -0.39 is 0 Å². The fourth-order valence-corrected chi connectivity index (χ4v) is 4.31. The smallest absolute Gasteiger partial charge is 0.119 e. The number of ether oxygens (including phenoxy) is 3. The molecule has 0 aliphatic heterocycles. The second kappa shape index (κ2) is 23.3. The molecule has 0 aliphatic carbocycles. The van der Waals surface area contributed by atoms with Crippen LogP contribution in [0.4, 0.5) is 11.4 Å². The lowest BCUT2D eigenvalue weighted by molar-refractivity contribution is 0.114. The number of hydrogen-bond donors (Lipinski definition) is 0. The first kappa shape index (κ1) is 33.8. The van der Waals surface area contributed by atoms with Crippen molar-refractivity contribution in [3.8, 4) is 11.5 Å². The standard InChI is InChI=1S/C34H55N3O3/c1-4-5-6-7-13-16-28-39-33-22-18-31(19-23-33)35-36-32-20-24-34(25-21-32)40-29-17-14-11-9-8-10-12-15-27-38-30-26-37(2)3/h18-25H,4-17,26-30H2,1-3H3. The van der Waals surface area contributed by atoms with Gasteiger partial charge in [0.1, 0.15) is 11.5 Å². The molecule has 0 aromatic heterocycles. The van der Waals surface area contributed by atoms with E-state index >= 15 is 0 Å². The Balaban J connectivity index is 1.48. The van der Waals surface area contributed by atoms with Gasteiger partial charge in [0.15, 0.2) is 0 Å². The number of benzene rings is 2. The molecule has 0 N–H and O–H groups in total. The van der Waals surface area contributed by atoms with Crippen LogP contribution < -0.4 is 9.47 Å². The van der Waals surface area contributed by atoms with Crippen molar-refractivity contribution in [3.05, 3.63) is 48.5 Å². The van der Waals surface area contributed by atoms with Crippen LogP contribution >= 0.6 is 0 Å². The van der Waals surface area contributed by atoms with Gasteiger partial charge in [-0.3, -0.25) is 0 Å². The molecule has 0 saturated carbocycles. The summed E-state index contributed by atoms with van der Waals surface area (Å²) in [6.45, 7) is 6.53. The van der Waals surface area contributed by atoms with Crippen molar-refractivity contribution in [2.75, 3.05) is 47.1 Å². The summed E-state index contributed by atoms with van der Waals surface area (Å²) in [5.74, 6) is 1.78. The summed E-state index contributed by atoms with van der Waals surface area (Å²) in [5, 5.41) is 8.71. The molecule has 224 valence electrons. The third-order valence-electron chi connectivity index (χ3n) is 6.86. The molecule has 6 heteroatoms. The van der Waals surface area contributed by atoms with Crippen LogP contribution in [0.25, 0.3) is 0 Å². The van der Waals surface area contributed by atoms with Gasteiger partial charge in [-0.2, -0.15) is 10.2 Å². The van der Waals surface area contributed by atoms with Crippen molar-refractivity contribution in [1.29, 1.82) is 0 Å². The van der Waals surface area contributed by atoms with Crippen LogP contribution in [0.5, 0.6) is 11.5 Å². The minimum atomic E-state index is 0.762. The topological polar surface area (TPSA) is 55.7 Å². The number of nitrogens with zero attached hydrogens (tertiary/aromatic N) is 3. The third kappa shape index (κ3) is 18.0. The highest BCUT2D eigenvalue weighted by atomic mass is 16.5. The number of rotatable bonds is 25. The molecule has 0 aliphatic rings. The second-order valence-corrected chi connectivity index (χ2v) is 10.9. The summed E-state index contributed by atoms with van der Waals surface area (Å²) < 4.78 is 17.4. The molecule has 40 heavy (non-hydrogen) atoms. The van der Waals surface area contributed by atoms with Gasteiger partial charge in [0.05, 0.1) is 31.2 Å². The van der Waals surface area contributed by atoms with E-state index in [4.69, 9.17) is 14.2 Å². The Kier molecular flexibility index (Phi) is 19.7. The van der Waals surface area contributed by atoms with Crippen molar-refractivity contribution in [1.82, 2.24) is 4.90 Å². The predicted molar refractivity (Wildman–Crippen MR) is 168 cm³/mol. The molecule has 0 heterocycles. The maximum Gasteiger partial charge on any atom is 0.119 e. The van der Waals surface area contributed by atoms with E-state index in [0.717, 1.165) is 68.7 Å². The van der Waals surface area contributed by atoms with E-state index in [-0.39, 0.29) is 0 Å². The second-order valence-electron chi connectivity index (χ2n) is 10.9. The van der Waals surface area contributed by atoms with Gasteiger partial charge in [-0.15, -0.1) is 0 Å². The van der Waals surface area contributed by atoms with E-state index in [1.807, 2.05) is 48.5 Å². The summed E-state index contributed by atoms with van der Waals surface area (Å²) in [4.78, 5) is 2.16. The van der Waals surface area contributed by atoms with Crippen molar-refractivity contribution in [3.63, 3.8) is 0 Å². The molecule has 0 fully saturated rings. The zero-order chi connectivity index (χ0) is 28.5. The Hall–Kier alpha value is -2.44. The predicted octanol–water partition coefficient (Wildman–Crippen LogP) is 9.92. The molecule has 0 unspecified atom stereocenters. The lowest BCUT2D eigenvalue weighted by Crippen LogP contribution is -2.18. The molecule has 2 rings (SSSR count). The molecule has 0 saturated heterocycles. The number of likely N-dealkylation sites (N-methyl/N-ethyl adjacent to an activating group) is 1. The van der Waals surface area contributed by atoms with Crippen molar-refractivity contribution >= 4 is 11.4 Å². The summed E-state index contributed by atoms with van der Waals surface area (Å²) >= 11 is 0. The Labute approximate surface area is 244 Å². The summed E-state index contributed by atoms with van der Waals surface area (Å²) in [7, 11) is 4.16. The van der Waals surface area contributed by atoms with Gasteiger partial charge < -0.3 is 19.1 Å². The van der Waals surface area contributed by atoms with Gasteiger partial charge in [0.2, 0.25) is 0 Å². The Morgan fingerprint density at radius 2 is 0.900 bits per heavy atom. The van der Waals surface area contributed by atoms with Gasteiger partial charge >= 0.3 is 0 Å². The third-order valence-corrected chi connectivity index (χ3v) is 6.86. The van der Waals surface area contributed by atoms with Gasteiger partial charge in [-0.05, 0) is 81.9 Å². The fourth-order valence-electron chi connectivity index (χ4n) is 4.31. The normalized spacial score (nSPS) is 11.5. The fraction of sp³-hybridized carbons (Fsp3) is 0.647. The highest BCUT2D eigenvalue weighted by Crippen LogP contribution is 2.23. The Morgan fingerprint density at radius 3 is 1.32 bits per heavy atom. The SMILES string of the molecule is CCCCCCCCOc1ccc(N=Nc2ccc(OCCCCCCCCCCOCCN(C)C)cc2)cc1. The molecule has 6 nitrogen and oxygen atoms in total. The van der Waals surface area contributed by atoms with Crippen molar-refractivity contribution in [2.24, 2.45) is 10.2 Å². The van der Waals surface area contributed by atoms with Crippen molar-refractivity contribution < 1.29 is 14.2 Å². The summed E-state index contributed by atoms with van der Waals surface area (Å²) in [6.07, 6.45) is 17.6. The lowest BCUT2D eigenvalue weighted by atomic mass is 10.1. The van der Waals surface area contributed by atoms with E-state index in [1.165, 1.54) is 77.0 Å². The van der Waals surface area contributed by atoms with Crippen LogP contribution in [0, 0.1) is 0 Å². The van der Waals surface area contributed by atoms with Crippen LogP contribution in [0.2, 0.25) is 0 Å². The summed E-state index contributed by atoms with van der Waals surface area (Å²) in [6, 6.07) is 15.7. The average Bonchev–Trinajstić information content (AvgIpc) is 2.97. The van der Waals surface area contributed by atoms with Gasteiger partial charge in [0.25, 0.3) is 0 Å².